The molecule has 0 bridgehead atoms. The Balaban J connectivity index is 1.70. The Bertz CT molecular complexity index is 485. The predicted molar refractivity (Wildman–Crippen MR) is 89.5 cm³/mol. The van der Waals surface area contributed by atoms with E-state index in [1.165, 1.54) is 42.1 Å². The van der Waals surface area contributed by atoms with Crippen LogP contribution in [0.1, 0.15) is 38.1 Å². The summed E-state index contributed by atoms with van der Waals surface area (Å²) < 4.78 is 1.31. The average molecular weight is 290 g/mol. The molecule has 0 aliphatic carbocycles. The van der Waals surface area contributed by atoms with Crippen molar-refractivity contribution in [2.24, 2.45) is 5.92 Å². The molecular formula is C17H26N2S. The Morgan fingerprint density at radius 2 is 1.90 bits per heavy atom. The molecule has 20 heavy (non-hydrogen) atoms. The van der Waals surface area contributed by atoms with Gasteiger partial charge in [0.05, 0.1) is 15.2 Å². The molecule has 1 aromatic carbocycles. The summed E-state index contributed by atoms with van der Waals surface area (Å²) in [6.07, 6.45) is 4.96. The Morgan fingerprint density at radius 1 is 1.15 bits per heavy atom. The second-order valence-corrected chi connectivity index (χ2v) is 7.13. The summed E-state index contributed by atoms with van der Waals surface area (Å²) in [5, 5.41) is 1.28. The van der Waals surface area contributed by atoms with E-state index >= 15 is 0 Å². The van der Waals surface area contributed by atoms with Crippen LogP contribution in [0.3, 0.4) is 0 Å². The lowest BCUT2D eigenvalue weighted by Crippen LogP contribution is -2.21. The maximum Gasteiger partial charge on any atom is 0.0939 e. The molecule has 2 aromatic rings. The van der Waals surface area contributed by atoms with E-state index in [1.54, 1.807) is 0 Å². The van der Waals surface area contributed by atoms with Gasteiger partial charge < -0.3 is 4.90 Å². The van der Waals surface area contributed by atoms with Gasteiger partial charge in [-0.25, -0.2) is 4.98 Å². The fraction of sp³-hybridized carbons (Fsp3) is 0.588. The summed E-state index contributed by atoms with van der Waals surface area (Å²) in [7, 11) is 2.23. The molecule has 0 N–H and O–H groups in total. The Kier molecular flexibility index (Phi) is 5.99. The van der Waals surface area contributed by atoms with Crippen LogP contribution in [0.2, 0.25) is 0 Å². The lowest BCUT2D eigenvalue weighted by molar-refractivity contribution is 0.314. The van der Waals surface area contributed by atoms with Gasteiger partial charge in [0.25, 0.3) is 0 Å². The van der Waals surface area contributed by atoms with Gasteiger partial charge in [0.1, 0.15) is 0 Å². The highest BCUT2D eigenvalue weighted by molar-refractivity contribution is 7.18. The molecule has 1 heterocycles. The van der Waals surface area contributed by atoms with Gasteiger partial charge in [-0.2, -0.15) is 0 Å². The zero-order valence-corrected chi connectivity index (χ0v) is 13.7. The number of aryl methyl sites for hydroxylation is 1. The first-order valence-electron chi connectivity index (χ1n) is 7.68. The van der Waals surface area contributed by atoms with Gasteiger partial charge in [-0.05, 0) is 57.5 Å². The van der Waals surface area contributed by atoms with Crippen LogP contribution in [0.25, 0.3) is 10.2 Å². The lowest BCUT2D eigenvalue weighted by Gasteiger charge is -2.16. The van der Waals surface area contributed by atoms with Gasteiger partial charge in [0.15, 0.2) is 0 Å². The zero-order valence-electron chi connectivity index (χ0n) is 12.9. The summed E-state index contributed by atoms with van der Waals surface area (Å²) in [5.74, 6) is 0.825. The van der Waals surface area contributed by atoms with Crippen LogP contribution in [0.4, 0.5) is 0 Å². The number of para-hydroxylation sites is 1. The minimum Gasteiger partial charge on any atom is -0.306 e. The molecular weight excluding hydrogens is 264 g/mol. The van der Waals surface area contributed by atoms with E-state index in [0.717, 1.165) is 17.9 Å². The number of aromatic nitrogens is 1. The van der Waals surface area contributed by atoms with E-state index in [0.29, 0.717) is 0 Å². The quantitative estimate of drug-likeness (QED) is 0.706. The largest absolute Gasteiger partial charge is 0.306 e. The summed E-state index contributed by atoms with van der Waals surface area (Å²) in [6.45, 7) is 6.99. The van der Waals surface area contributed by atoms with Crippen LogP contribution in [0, 0.1) is 5.92 Å². The maximum absolute atomic E-state index is 4.69. The van der Waals surface area contributed by atoms with E-state index in [9.17, 15) is 0 Å². The van der Waals surface area contributed by atoms with Gasteiger partial charge in [-0.1, -0.05) is 26.0 Å². The first-order valence-corrected chi connectivity index (χ1v) is 8.50. The third kappa shape index (κ3) is 4.88. The van der Waals surface area contributed by atoms with Crippen LogP contribution in [-0.4, -0.2) is 30.0 Å². The molecule has 0 aliphatic heterocycles. The van der Waals surface area contributed by atoms with Gasteiger partial charge in [0, 0.05) is 6.42 Å². The molecule has 2 nitrogen and oxygen atoms in total. The summed E-state index contributed by atoms with van der Waals surface area (Å²) in [4.78, 5) is 7.15. The van der Waals surface area contributed by atoms with Crippen molar-refractivity contribution in [1.82, 2.24) is 9.88 Å². The third-order valence-corrected chi connectivity index (χ3v) is 4.69. The van der Waals surface area contributed by atoms with Gasteiger partial charge in [0.2, 0.25) is 0 Å². The van der Waals surface area contributed by atoms with E-state index in [1.807, 2.05) is 11.3 Å². The van der Waals surface area contributed by atoms with Crippen molar-refractivity contribution >= 4 is 21.6 Å². The molecule has 0 amide bonds. The lowest BCUT2D eigenvalue weighted by atomic mass is 10.1. The van der Waals surface area contributed by atoms with Crippen LogP contribution >= 0.6 is 11.3 Å². The molecule has 110 valence electrons. The molecule has 0 unspecified atom stereocenters. The standard InChI is InChI=1S/C17H26N2S/c1-14(2)8-6-12-19(3)13-7-11-17-18-15-9-4-5-10-16(15)20-17/h4-5,9-10,14H,6-8,11-13H2,1-3H3. The van der Waals surface area contributed by atoms with E-state index in [-0.39, 0.29) is 0 Å². The van der Waals surface area contributed by atoms with Crippen LogP contribution in [0.5, 0.6) is 0 Å². The Labute approximate surface area is 126 Å². The number of hydrogen-bond acceptors (Lipinski definition) is 3. The summed E-state index contributed by atoms with van der Waals surface area (Å²) in [5.41, 5.74) is 1.15. The molecule has 0 spiro atoms. The van der Waals surface area contributed by atoms with Gasteiger partial charge in [-0.15, -0.1) is 11.3 Å². The number of nitrogens with zero attached hydrogens (tertiary/aromatic N) is 2. The van der Waals surface area contributed by atoms with Crippen LogP contribution in [-0.2, 0) is 6.42 Å². The molecule has 0 atom stereocenters. The van der Waals surface area contributed by atoms with Crippen LogP contribution in [0.15, 0.2) is 24.3 Å². The van der Waals surface area contributed by atoms with Crippen molar-refractivity contribution in [3.05, 3.63) is 29.3 Å². The number of thiazole rings is 1. The fourth-order valence-electron chi connectivity index (χ4n) is 2.41. The predicted octanol–water partition coefficient (Wildman–Crippen LogP) is 4.60. The molecule has 2 rings (SSSR count). The van der Waals surface area contributed by atoms with Gasteiger partial charge >= 0.3 is 0 Å². The highest BCUT2D eigenvalue weighted by Crippen LogP contribution is 2.22. The van der Waals surface area contributed by atoms with Crippen molar-refractivity contribution < 1.29 is 0 Å². The van der Waals surface area contributed by atoms with E-state index in [4.69, 9.17) is 4.98 Å². The van der Waals surface area contributed by atoms with Crippen molar-refractivity contribution in [3.8, 4) is 0 Å². The highest BCUT2D eigenvalue weighted by atomic mass is 32.1. The first kappa shape index (κ1) is 15.5. The zero-order chi connectivity index (χ0) is 14.4. The number of fused-ring (bicyclic) bond motifs is 1. The number of rotatable bonds is 8. The Morgan fingerprint density at radius 3 is 2.65 bits per heavy atom. The van der Waals surface area contributed by atoms with E-state index in [2.05, 4.69) is 50.1 Å². The van der Waals surface area contributed by atoms with Crippen molar-refractivity contribution in [2.75, 3.05) is 20.1 Å². The number of benzene rings is 1. The normalized spacial score (nSPS) is 11.8. The smallest absolute Gasteiger partial charge is 0.0939 e. The molecule has 1 aromatic heterocycles. The maximum atomic E-state index is 4.69. The topological polar surface area (TPSA) is 16.1 Å². The van der Waals surface area contributed by atoms with E-state index < -0.39 is 0 Å². The third-order valence-electron chi connectivity index (χ3n) is 3.59. The fourth-order valence-corrected chi connectivity index (χ4v) is 3.42. The molecule has 0 aliphatic rings. The average Bonchev–Trinajstić information content (AvgIpc) is 2.80. The molecule has 0 radical (unpaired) electrons. The SMILES string of the molecule is CC(C)CCCN(C)CCCc1nc2ccccc2s1. The van der Waals surface area contributed by atoms with Crippen LogP contribution < -0.4 is 0 Å². The molecule has 3 heteroatoms. The van der Waals surface area contributed by atoms with Gasteiger partial charge in [-0.3, -0.25) is 0 Å². The van der Waals surface area contributed by atoms with Crippen molar-refractivity contribution in [2.45, 2.75) is 39.5 Å². The molecule has 0 fully saturated rings. The molecule has 0 saturated carbocycles. The summed E-state index contributed by atoms with van der Waals surface area (Å²) >= 11 is 1.84. The highest BCUT2D eigenvalue weighted by Gasteiger charge is 2.04. The van der Waals surface area contributed by atoms with Crippen molar-refractivity contribution in [1.29, 1.82) is 0 Å². The minimum absolute atomic E-state index is 0.825. The first-order chi connectivity index (χ1) is 9.65. The Hall–Kier alpha value is -0.930. The second kappa shape index (κ2) is 7.75. The monoisotopic (exact) mass is 290 g/mol. The second-order valence-electron chi connectivity index (χ2n) is 6.02. The van der Waals surface area contributed by atoms with Crippen molar-refractivity contribution in [3.63, 3.8) is 0 Å². The number of hydrogen-bond donors (Lipinski definition) is 0. The minimum atomic E-state index is 0.825. The molecule has 0 saturated heterocycles. The summed E-state index contributed by atoms with van der Waals surface area (Å²) in [6, 6.07) is 8.42.